The third kappa shape index (κ3) is 8.83. The summed E-state index contributed by atoms with van der Waals surface area (Å²) in [5, 5.41) is 10.00. The Kier molecular flexibility index (Phi) is 11.4. The number of anilines is 1. The van der Waals surface area contributed by atoms with Crippen molar-refractivity contribution >= 4 is 17.5 Å². The van der Waals surface area contributed by atoms with Gasteiger partial charge in [-0.3, -0.25) is 14.0 Å². The number of carbonyl (C=O) groups is 2. The molecule has 44 heavy (non-hydrogen) atoms. The monoisotopic (exact) mass is 620 g/mol. The number of alkyl halides is 4. The van der Waals surface area contributed by atoms with Gasteiger partial charge in [-0.15, -0.1) is 5.10 Å². The van der Waals surface area contributed by atoms with E-state index in [1.807, 2.05) is 36.5 Å². The number of carbonyl (C=O) groups excluding carboxylic acids is 2. The minimum absolute atomic E-state index is 0.0365. The smallest absolute Gasteiger partial charge is 0.405 e. The van der Waals surface area contributed by atoms with E-state index in [2.05, 4.69) is 15.2 Å². The van der Waals surface area contributed by atoms with Crippen LogP contribution in [0.5, 0.6) is 11.5 Å². The second-order valence-electron chi connectivity index (χ2n) is 10.2. The third-order valence-electron chi connectivity index (χ3n) is 6.99. The predicted octanol–water partition coefficient (Wildman–Crippen LogP) is 4.83. The highest BCUT2D eigenvalue weighted by molar-refractivity contribution is 5.95. The van der Waals surface area contributed by atoms with Gasteiger partial charge in [0.2, 0.25) is 0 Å². The normalized spacial score (nSPS) is 13.6. The Hall–Kier alpha value is -4.36. The molecule has 4 rings (SSSR count). The summed E-state index contributed by atoms with van der Waals surface area (Å²) in [4.78, 5) is 29.5. The van der Waals surface area contributed by atoms with Crippen LogP contribution in [-0.2, 0) is 0 Å². The average molecular weight is 621 g/mol. The number of piperazine rings is 1. The average Bonchev–Trinajstić information content (AvgIpc) is 3.51. The Morgan fingerprint density at radius 1 is 0.932 bits per heavy atom. The molecule has 0 radical (unpaired) electrons. The molecule has 3 aromatic rings. The molecule has 1 aliphatic heterocycles. The number of ether oxygens (including phenoxy) is 2. The van der Waals surface area contributed by atoms with Crippen molar-refractivity contribution in [3.63, 3.8) is 0 Å². The molecule has 10 nitrogen and oxygen atoms in total. The van der Waals surface area contributed by atoms with Crippen molar-refractivity contribution < 1.29 is 36.6 Å². The number of halogens is 4. The third-order valence-corrected chi connectivity index (χ3v) is 6.99. The largest absolute Gasteiger partial charge is 0.492 e. The van der Waals surface area contributed by atoms with Gasteiger partial charge in [0.25, 0.3) is 11.8 Å². The lowest BCUT2D eigenvalue weighted by Crippen LogP contribution is -2.49. The number of rotatable bonds is 14. The van der Waals surface area contributed by atoms with Crippen LogP contribution in [0.2, 0.25) is 0 Å². The van der Waals surface area contributed by atoms with E-state index in [9.17, 15) is 27.2 Å². The summed E-state index contributed by atoms with van der Waals surface area (Å²) in [5.41, 5.74) is 1.39. The van der Waals surface area contributed by atoms with Crippen LogP contribution >= 0.6 is 0 Å². The van der Waals surface area contributed by atoms with E-state index in [1.165, 1.54) is 29.1 Å². The Labute approximate surface area is 252 Å². The minimum Gasteiger partial charge on any atom is -0.492 e. The van der Waals surface area contributed by atoms with Gasteiger partial charge < -0.3 is 24.6 Å². The van der Waals surface area contributed by atoms with Crippen LogP contribution in [0.4, 0.5) is 23.2 Å². The molecule has 0 saturated carbocycles. The zero-order chi connectivity index (χ0) is 31.5. The standard InChI is InChI=1S/C30H36F4N6O4/c1-2-43-26-10-6-5-9-24(26)38-14-16-39(17-15-38)29(42)23-20-40(37-36-23)25-12-11-22(28(41)35-21-30(32,33)34)19-27(25)44-18-8-4-3-7-13-31/h5-6,9-12,19-20H,2-4,7-8,13-18,21H2,1H3,(H,35,41). The van der Waals surface area contributed by atoms with E-state index in [4.69, 9.17) is 9.47 Å². The highest BCUT2D eigenvalue weighted by atomic mass is 19.4. The summed E-state index contributed by atoms with van der Waals surface area (Å²) in [6, 6.07) is 11.9. The second kappa shape index (κ2) is 15.4. The lowest BCUT2D eigenvalue weighted by atomic mass is 10.1. The Morgan fingerprint density at radius 3 is 2.41 bits per heavy atom. The molecule has 0 aliphatic carbocycles. The van der Waals surface area contributed by atoms with Gasteiger partial charge in [0.1, 0.15) is 23.7 Å². The molecule has 1 aromatic heterocycles. The van der Waals surface area contributed by atoms with Crippen molar-refractivity contribution in [1.82, 2.24) is 25.2 Å². The Bertz CT molecular complexity index is 1390. The summed E-state index contributed by atoms with van der Waals surface area (Å²) in [6.45, 7) is 2.96. The molecule has 1 saturated heterocycles. The summed E-state index contributed by atoms with van der Waals surface area (Å²) >= 11 is 0. The Morgan fingerprint density at radius 2 is 1.68 bits per heavy atom. The topological polar surface area (TPSA) is 102 Å². The first-order valence-corrected chi connectivity index (χ1v) is 14.6. The molecule has 2 heterocycles. The second-order valence-corrected chi connectivity index (χ2v) is 10.2. The molecule has 1 fully saturated rings. The summed E-state index contributed by atoms with van der Waals surface area (Å²) in [5.74, 6) is -0.244. The number of benzene rings is 2. The number of unbranched alkanes of at least 4 members (excludes halogenated alkanes) is 3. The van der Waals surface area contributed by atoms with E-state index < -0.39 is 25.3 Å². The van der Waals surface area contributed by atoms with Gasteiger partial charge in [-0.1, -0.05) is 23.8 Å². The molecule has 1 N–H and O–H groups in total. The molecule has 2 amide bonds. The van der Waals surface area contributed by atoms with Crippen LogP contribution in [0.15, 0.2) is 48.7 Å². The lowest BCUT2D eigenvalue weighted by Gasteiger charge is -2.36. The zero-order valence-corrected chi connectivity index (χ0v) is 24.5. The number of aromatic nitrogens is 3. The van der Waals surface area contributed by atoms with Gasteiger partial charge in [0.05, 0.1) is 31.8 Å². The van der Waals surface area contributed by atoms with Crippen molar-refractivity contribution in [2.45, 2.75) is 38.8 Å². The molecule has 1 aliphatic rings. The van der Waals surface area contributed by atoms with Gasteiger partial charge in [-0.25, -0.2) is 4.68 Å². The molecule has 0 spiro atoms. The van der Waals surface area contributed by atoms with E-state index in [-0.39, 0.29) is 29.5 Å². The van der Waals surface area contributed by atoms with Gasteiger partial charge in [-0.05, 0) is 56.5 Å². The van der Waals surface area contributed by atoms with E-state index in [0.29, 0.717) is 57.7 Å². The van der Waals surface area contributed by atoms with Crippen LogP contribution < -0.4 is 19.7 Å². The van der Waals surface area contributed by atoms with Gasteiger partial charge in [-0.2, -0.15) is 13.2 Å². The maximum absolute atomic E-state index is 13.3. The van der Waals surface area contributed by atoms with Gasteiger partial charge >= 0.3 is 6.18 Å². The summed E-state index contributed by atoms with van der Waals surface area (Å²) in [6.07, 6.45) is -0.645. The Balaban J connectivity index is 1.45. The van der Waals surface area contributed by atoms with Crippen molar-refractivity contribution in [3.8, 4) is 17.2 Å². The van der Waals surface area contributed by atoms with Crippen molar-refractivity contribution in [3.05, 3.63) is 59.9 Å². The zero-order valence-electron chi connectivity index (χ0n) is 24.5. The fourth-order valence-corrected chi connectivity index (χ4v) is 4.76. The highest BCUT2D eigenvalue weighted by Gasteiger charge is 2.29. The molecular formula is C30H36F4N6O4. The van der Waals surface area contributed by atoms with E-state index in [0.717, 1.165) is 17.9 Å². The number of hydrogen-bond acceptors (Lipinski definition) is 7. The van der Waals surface area contributed by atoms with E-state index >= 15 is 0 Å². The van der Waals surface area contributed by atoms with E-state index in [1.54, 1.807) is 4.90 Å². The first kappa shape index (κ1) is 32.6. The number of nitrogens with one attached hydrogen (secondary N) is 1. The van der Waals surface area contributed by atoms with Crippen molar-refractivity contribution in [2.75, 3.05) is 57.5 Å². The molecule has 0 bridgehead atoms. The number of nitrogens with zero attached hydrogens (tertiary/aromatic N) is 5. The van der Waals surface area contributed by atoms with Gasteiger partial charge in [0, 0.05) is 31.7 Å². The van der Waals surface area contributed by atoms with Crippen LogP contribution in [0, 0.1) is 0 Å². The maximum Gasteiger partial charge on any atom is 0.405 e. The molecular weight excluding hydrogens is 584 g/mol. The molecule has 2 aromatic carbocycles. The van der Waals surface area contributed by atoms with Crippen molar-refractivity contribution in [2.24, 2.45) is 0 Å². The molecule has 0 unspecified atom stereocenters. The summed E-state index contributed by atoms with van der Waals surface area (Å²) in [7, 11) is 0. The van der Waals surface area contributed by atoms with Crippen LogP contribution in [-0.4, -0.2) is 90.5 Å². The summed E-state index contributed by atoms with van der Waals surface area (Å²) < 4.78 is 63.2. The quantitative estimate of drug-likeness (QED) is 0.204. The SMILES string of the molecule is CCOc1ccccc1N1CCN(C(=O)c2cn(-c3ccc(C(=O)NCC(F)(F)F)cc3OCCCCCCF)nn2)CC1. The molecule has 0 atom stereocenters. The van der Waals surface area contributed by atoms with Crippen LogP contribution in [0.3, 0.4) is 0 Å². The van der Waals surface area contributed by atoms with Crippen LogP contribution in [0.25, 0.3) is 5.69 Å². The number of amides is 2. The highest BCUT2D eigenvalue weighted by Crippen LogP contribution is 2.29. The van der Waals surface area contributed by atoms with Crippen molar-refractivity contribution in [1.29, 1.82) is 0 Å². The fraction of sp³-hybridized carbons (Fsp3) is 0.467. The fourth-order valence-electron chi connectivity index (χ4n) is 4.76. The molecule has 238 valence electrons. The van der Waals surface area contributed by atoms with Gasteiger partial charge in [0.15, 0.2) is 5.69 Å². The lowest BCUT2D eigenvalue weighted by molar-refractivity contribution is -0.123. The number of hydrogen-bond donors (Lipinski definition) is 1. The maximum atomic E-state index is 13.3. The predicted molar refractivity (Wildman–Crippen MR) is 155 cm³/mol. The first-order chi connectivity index (χ1) is 21.2. The minimum atomic E-state index is -4.56. The molecule has 14 heteroatoms. The van der Waals surface area contributed by atoms with Crippen LogP contribution in [0.1, 0.15) is 53.5 Å². The first-order valence-electron chi connectivity index (χ1n) is 14.6. The number of para-hydroxylation sites is 2.